The smallest absolute Gasteiger partial charge is 0.186 e. The number of carbonyl (C=O) groups is 1. The maximum Gasteiger partial charge on any atom is 0.186 e. The van der Waals surface area contributed by atoms with Crippen LogP contribution in [-0.2, 0) is 6.42 Å². The number of Topliss-reactive ketones (excluding diaryl/α,β-unsaturated/α-hetero) is 1. The normalized spacial score (nSPS) is 12.2. The number of fused-ring (bicyclic) bond motifs is 1. The lowest BCUT2D eigenvalue weighted by atomic mass is 9.96. The molecule has 2 N–H and O–H groups in total. The summed E-state index contributed by atoms with van der Waals surface area (Å²) in [5.41, 5.74) is 3.58. The molecule has 3 nitrogen and oxygen atoms in total. The lowest BCUT2D eigenvalue weighted by Crippen LogP contribution is -2.30. The van der Waals surface area contributed by atoms with Crippen molar-refractivity contribution in [3.8, 4) is 0 Å². The summed E-state index contributed by atoms with van der Waals surface area (Å²) >= 11 is 0. The Morgan fingerprint density at radius 3 is 2.43 bits per heavy atom. The standard InChI is InChI=1S/C24H21FN2O/c25-19-12-10-17(11-13-19)14-15-26-23(18-6-2-1-3-7-18)24(28)21-16-27-22-9-5-4-8-20(21)22/h1-13,16,23,26-27H,14-15H2/t23-/m1/s1. The van der Waals surface area contributed by atoms with Crippen LogP contribution in [0.15, 0.2) is 85.1 Å². The molecule has 0 bridgehead atoms. The molecule has 0 saturated heterocycles. The monoisotopic (exact) mass is 372 g/mol. The van der Waals surface area contributed by atoms with Crippen LogP contribution in [-0.4, -0.2) is 17.3 Å². The highest BCUT2D eigenvalue weighted by atomic mass is 19.1. The van der Waals surface area contributed by atoms with Gasteiger partial charge in [-0.05, 0) is 35.7 Å². The summed E-state index contributed by atoms with van der Waals surface area (Å²) in [4.78, 5) is 16.6. The molecule has 0 aliphatic carbocycles. The minimum absolute atomic E-state index is 0.0303. The van der Waals surface area contributed by atoms with Crippen LogP contribution in [0.4, 0.5) is 4.39 Å². The van der Waals surface area contributed by atoms with Gasteiger partial charge in [-0.3, -0.25) is 4.79 Å². The number of benzene rings is 3. The molecule has 0 radical (unpaired) electrons. The van der Waals surface area contributed by atoms with Crippen molar-refractivity contribution in [3.63, 3.8) is 0 Å². The van der Waals surface area contributed by atoms with E-state index in [1.54, 1.807) is 18.3 Å². The van der Waals surface area contributed by atoms with Crippen molar-refractivity contribution in [2.75, 3.05) is 6.54 Å². The SMILES string of the molecule is O=C(c1c[nH]c2ccccc12)[C@H](NCCc1ccc(F)cc1)c1ccccc1. The Hall–Kier alpha value is -3.24. The van der Waals surface area contributed by atoms with Crippen LogP contribution in [0.5, 0.6) is 0 Å². The molecule has 4 heteroatoms. The number of hydrogen-bond donors (Lipinski definition) is 2. The second kappa shape index (κ2) is 8.19. The fourth-order valence-electron chi connectivity index (χ4n) is 3.45. The van der Waals surface area contributed by atoms with Gasteiger partial charge in [0, 0.05) is 29.2 Å². The topological polar surface area (TPSA) is 44.9 Å². The predicted molar refractivity (Wildman–Crippen MR) is 110 cm³/mol. The van der Waals surface area contributed by atoms with Gasteiger partial charge in [0.15, 0.2) is 5.78 Å². The van der Waals surface area contributed by atoms with Gasteiger partial charge < -0.3 is 10.3 Å². The molecule has 1 aromatic heterocycles. The van der Waals surface area contributed by atoms with Crippen molar-refractivity contribution >= 4 is 16.7 Å². The zero-order valence-corrected chi connectivity index (χ0v) is 15.4. The molecule has 0 unspecified atom stereocenters. The van der Waals surface area contributed by atoms with Crippen LogP contribution in [0.3, 0.4) is 0 Å². The third kappa shape index (κ3) is 3.87. The summed E-state index contributed by atoms with van der Waals surface area (Å²) in [5, 5.41) is 4.32. The molecule has 0 fully saturated rings. The maximum absolute atomic E-state index is 13.4. The number of ketones is 1. The Balaban J connectivity index is 1.57. The fourth-order valence-corrected chi connectivity index (χ4v) is 3.45. The van der Waals surface area contributed by atoms with Gasteiger partial charge in [0.2, 0.25) is 0 Å². The van der Waals surface area contributed by atoms with Crippen molar-refractivity contribution in [1.82, 2.24) is 10.3 Å². The Kier molecular flexibility index (Phi) is 5.31. The van der Waals surface area contributed by atoms with Gasteiger partial charge in [-0.25, -0.2) is 4.39 Å². The van der Waals surface area contributed by atoms with Crippen molar-refractivity contribution in [3.05, 3.63) is 108 Å². The molecule has 28 heavy (non-hydrogen) atoms. The molecule has 1 heterocycles. The quantitative estimate of drug-likeness (QED) is 0.445. The van der Waals surface area contributed by atoms with E-state index in [1.165, 1.54) is 12.1 Å². The van der Waals surface area contributed by atoms with Crippen LogP contribution in [0.25, 0.3) is 10.9 Å². The number of halogens is 1. The average Bonchev–Trinajstić information content (AvgIpc) is 3.17. The third-order valence-corrected chi connectivity index (χ3v) is 4.93. The number of hydrogen-bond acceptors (Lipinski definition) is 2. The molecular weight excluding hydrogens is 351 g/mol. The van der Waals surface area contributed by atoms with Crippen molar-refractivity contribution in [2.24, 2.45) is 0 Å². The van der Waals surface area contributed by atoms with Crippen LogP contribution in [0, 0.1) is 5.82 Å². The number of H-pyrrole nitrogens is 1. The Morgan fingerprint density at radius 2 is 1.64 bits per heavy atom. The number of aromatic nitrogens is 1. The zero-order valence-electron chi connectivity index (χ0n) is 15.4. The minimum atomic E-state index is -0.444. The molecule has 0 aliphatic heterocycles. The van der Waals surface area contributed by atoms with Gasteiger partial charge in [0.05, 0.1) is 6.04 Å². The van der Waals surface area contributed by atoms with Crippen molar-refractivity contribution in [2.45, 2.75) is 12.5 Å². The molecule has 3 aromatic carbocycles. The molecule has 0 saturated carbocycles. The first-order valence-electron chi connectivity index (χ1n) is 9.35. The van der Waals surface area contributed by atoms with Gasteiger partial charge in [-0.2, -0.15) is 0 Å². The second-order valence-electron chi connectivity index (χ2n) is 6.79. The first-order chi connectivity index (χ1) is 13.7. The molecule has 0 aliphatic rings. The van der Waals surface area contributed by atoms with E-state index in [0.29, 0.717) is 18.5 Å². The van der Waals surface area contributed by atoms with E-state index in [-0.39, 0.29) is 11.6 Å². The molecule has 4 rings (SSSR count). The number of para-hydroxylation sites is 1. The molecule has 140 valence electrons. The highest BCUT2D eigenvalue weighted by molar-refractivity contribution is 6.10. The highest BCUT2D eigenvalue weighted by Gasteiger charge is 2.23. The summed E-state index contributed by atoms with van der Waals surface area (Å²) in [6.07, 6.45) is 2.50. The first kappa shape index (κ1) is 18.1. The van der Waals surface area contributed by atoms with Crippen molar-refractivity contribution < 1.29 is 9.18 Å². The van der Waals surface area contributed by atoms with Crippen molar-refractivity contribution in [1.29, 1.82) is 0 Å². The molecule has 0 spiro atoms. The molecule has 1 atom stereocenters. The molecule has 4 aromatic rings. The van der Waals surface area contributed by atoms with Gasteiger partial charge >= 0.3 is 0 Å². The van der Waals surface area contributed by atoms with E-state index in [4.69, 9.17) is 0 Å². The largest absolute Gasteiger partial charge is 0.360 e. The summed E-state index contributed by atoms with van der Waals surface area (Å²) in [5.74, 6) is -0.212. The summed E-state index contributed by atoms with van der Waals surface area (Å²) < 4.78 is 13.1. The summed E-state index contributed by atoms with van der Waals surface area (Å²) in [7, 11) is 0. The predicted octanol–water partition coefficient (Wildman–Crippen LogP) is 5.06. The lowest BCUT2D eigenvalue weighted by Gasteiger charge is -2.18. The van der Waals surface area contributed by atoms with E-state index < -0.39 is 6.04 Å². The average molecular weight is 372 g/mol. The fraction of sp³-hybridized carbons (Fsp3) is 0.125. The Labute approximate surface area is 163 Å². The van der Waals surface area contributed by atoms with E-state index in [9.17, 15) is 9.18 Å². The van der Waals surface area contributed by atoms with Gasteiger partial charge in [-0.1, -0.05) is 60.7 Å². The van der Waals surface area contributed by atoms with Crippen LogP contribution in [0.2, 0.25) is 0 Å². The maximum atomic E-state index is 13.4. The first-order valence-corrected chi connectivity index (χ1v) is 9.35. The van der Waals surface area contributed by atoms with Gasteiger partial charge in [0.25, 0.3) is 0 Å². The Morgan fingerprint density at radius 1 is 0.929 bits per heavy atom. The summed E-state index contributed by atoms with van der Waals surface area (Å²) in [6, 6.07) is 23.6. The number of aromatic amines is 1. The lowest BCUT2D eigenvalue weighted by molar-refractivity contribution is 0.0945. The van der Waals surface area contributed by atoms with E-state index in [1.807, 2.05) is 54.6 Å². The zero-order chi connectivity index (χ0) is 19.3. The Bertz CT molecular complexity index is 1070. The van der Waals surface area contributed by atoms with E-state index in [0.717, 1.165) is 22.0 Å². The molecular formula is C24H21FN2O. The number of rotatable bonds is 7. The van der Waals surface area contributed by atoms with Gasteiger partial charge in [-0.15, -0.1) is 0 Å². The van der Waals surface area contributed by atoms with Crippen LogP contribution in [0.1, 0.15) is 27.5 Å². The van der Waals surface area contributed by atoms with E-state index in [2.05, 4.69) is 10.3 Å². The van der Waals surface area contributed by atoms with Crippen LogP contribution < -0.4 is 5.32 Å². The van der Waals surface area contributed by atoms with Crippen LogP contribution >= 0.6 is 0 Å². The number of carbonyl (C=O) groups excluding carboxylic acids is 1. The minimum Gasteiger partial charge on any atom is -0.360 e. The van der Waals surface area contributed by atoms with Gasteiger partial charge in [0.1, 0.15) is 5.82 Å². The second-order valence-corrected chi connectivity index (χ2v) is 6.79. The highest BCUT2D eigenvalue weighted by Crippen LogP contribution is 2.24. The number of nitrogens with one attached hydrogen (secondary N) is 2. The third-order valence-electron chi connectivity index (χ3n) is 4.93. The van der Waals surface area contributed by atoms with E-state index >= 15 is 0 Å². The molecule has 0 amide bonds. The summed E-state index contributed by atoms with van der Waals surface area (Å²) in [6.45, 7) is 0.610.